The zero-order valence-corrected chi connectivity index (χ0v) is 13.8. The van der Waals surface area contributed by atoms with Gasteiger partial charge in [-0.2, -0.15) is 10.2 Å². The number of amides is 1. The molecule has 1 aromatic heterocycles. The molecule has 124 valence electrons. The van der Waals surface area contributed by atoms with Crippen LogP contribution in [0.25, 0.3) is 0 Å². The Balaban J connectivity index is 1.72. The molecule has 1 saturated heterocycles. The Labute approximate surface area is 136 Å². The highest BCUT2D eigenvalue weighted by Gasteiger charge is 2.43. The van der Waals surface area contributed by atoms with Gasteiger partial charge in [-0.3, -0.25) is 4.79 Å². The van der Waals surface area contributed by atoms with Crippen LogP contribution in [-0.4, -0.2) is 34.0 Å². The third-order valence-corrected chi connectivity index (χ3v) is 5.19. The molecule has 1 aromatic rings. The van der Waals surface area contributed by atoms with E-state index < -0.39 is 5.41 Å². The van der Waals surface area contributed by atoms with Crippen LogP contribution < -0.4 is 0 Å². The minimum Gasteiger partial charge on any atom is -0.341 e. The average molecular weight is 316 g/mol. The van der Waals surface area contributed by atoms with Crippen molar-refractivity contribution in [1.29, 1.82) is 5.26 Å². The summed E-state index contributed by atoms with van der Waals surface area (Å²) in [7, 11) is 0. The van der Waals surface area contributed by atoms with Gasteiger partial charge in [0, 0.05) is 25.4 Å². The average Bonchev–Trinajstić information content (AvgIpc) is 3.11. The second kappa shape index (κ2) is 6.69. The molecule has 3 rings (SSSR count). The van der Waals surface area contributed by atoms with Crippen LogP contribution >= 0.6 is 0 Å². The number of piperidine rings is 1. The lowest BCUT2D eigenvalue weighted by molar-refractivity contribution is -0.141. The van der Waals surface area contributed by atoms with Crippen molar-refractivity contribution in [2.75, 3.05) is 13.1 Å². The molecule has 0 spiro atoms. The lowest BCUT2D eigenvalue weighted by Gasteiger charge is -2.38. The van der Waals surface area contributed by atoms with E-state index in [4.69, 9.17) is 4.52 Å². The Kier molecular flexibility index (Phi) is 4.65. The first kappa shape index (κ1) is 16.0. The molecule has 0 radical (unpaired) electrons. The summed E-state index contributed by atoms with van der Waals surface area (Å²) < 4.78 is 5.20. The lowest BCUT2D eigenvalue weighted by atomic mass is 9.74. The van der Waals surface area contributed by atoms with Gasteiger partial charge in [-0.05, 0) is 25.7 Å². The summed E-state index contributed by atoms with van der Waals surface area (Å²) in [4.78, 5) is 19.3. The van der Waals surface area contributed by atoms with E-state index in [1.165, 1.54) is 0 Å². The van der Waals surface area contributed by atoms with Crippen molar-refractivity contribution < 1.29 is 9.32 Å². The molecule has 2 heterocycles. The van der Waals surface area contributed by atoms with Gasteiger partial charge in [0.25, 0.3) is 0 Å². The van der Waals surface area contributed by atoms with E-state index in [2.05, 4.69) is 16.2 Å². The Morgan fingerprint density at radius 1 is 1.39 bits per heavy atom. The van der Waals surface area contributed by atoms with Crippen molar-refractivity contribution in [3.63, 3.8) is 0 Å². The van der Waals surface area contributed by atoms with Gasteiger partial charge in [-0.15, -0.1) is 0 Å². The molecule has 1 aliphatic heterocycles. The lowest BCUT2D eigenvalue weighted by Crippen LogP contribution is -2.48. The van der Waals surface area contributed by atoms with Crippen LogP contribution in [0, 0.1) is 16.7 Å². The Bertz CT molecular complexity index is 598. The molecule has 0 aromatic carbocycles. The third-order valence-electron chi connectivity index (χ3n) is 5.19. The fourth-order valence-corrected chi connectivity index (χ4v) is 3.78. The van der Waals surface area contributed by atoms with Crippen molar-refractivity contribution in [2.45, 2.75) is 64.2 Å². The number of hydrogen-bond acceptors (Lipinski definition) is 5. The van der Waals surface area contributed by atoms with E-state index in [-0.39, 0.29) is 11.8 Å². The van der Waals surface area contributed by atoms with E-state index in [0.29, 0.717) is 31.1 Å². The third kappa shape index (κ3) is 3.10. The fraction of sp³-hybridized carbons (Fsp3) is 0.765. The molecule has 1 saturated carbocycles. The molecule has 23 heavy (non-hydrogen) atoms. The normalized spacial score (nSPS) is 24.2. The van der Waals surface area contributed by atoms with Crippen LogP contribution in [0.15, 0.2) is 4.52 Å². The Hall–Kier alpha value is -1.90. The second-order valence-corrected chi connectivity index (χ2v) is 6.74. The first-order valence-corrected chi connectivity index (χ1v) is 8.71. The zero-order valence-electron chi connectivity index (χ0n) is 13.8. The fourth-order valence-electron chi connectivity index (χ4n) is 3.78. The largest absolute Gasteiger partial charge is 0.341 e. The number of rotatable bonds is 3. The van der Waals surface area contributed by atoms with E-state index >= 15 is 0 Å². The van der Waals surface area contributed by atoms with E-state index in [0.717, 1.165) is 45.1 Å². The molecule has 6 nitrogen and oxygen atoms in total. The highest BCUT2D eigenvalue weighted by Crippen LogP contribution is 2.39. The maximum Gasteiger partial charge on any atom is 0.243 e. The molecule has 0 unspecified atom stereocenters. The van der Waals surface area contributed by atoms with E-state index in [9.17, 15) is 10.1 Å². The Morgan fingerprint density at radius 3 is 2.83 bits per heavy atom. The summed E-state index contributed by atoms with van der Waals surface area (Å²) >= 11 is 0. The van der Waals surface area contributed by atoms with Crippen LogP contribution in [0.3, 0.4) is 0 Å². The zero-order chi connectivity index (χ0) is 16.3. The highest BCUT2D eigenvalue weighted by molar-refractivity contribution is 5.85. The molecule has 6 heteroatoms. The maximum atomic E-state index is 13.0. The molecule has 1 atom stereocenters. The van der Waals surface area contributed by atoms with Crippen LogP contribution in [-0.2, 0) is 11.2 Å². The molecule has 2 aliphatic rings. The summed E-state index contributed by atoms with van der Waals surface area (Å²) in [6.45, 7) is 3.32. The SMILES string of the molecule is CCc1nc([C@@H]2CCCN(C(=O)C3(C#N)CCCCC3)C2)no1. The molecular weight excluding hydrogens is 292 g/mol. The number of carbonyl (C=O) groups is 1. The number of likely N-dealkylation sites (tertiary alicyclic amines) is 1. The van der Waals surface area contributed by atoms with Crippen LogP contribution in [0.5, 0.6) is 0 Å². The monoisotopic (exact) mass is 316 g/mol. The first-order chi connectivity index (χ1) is 11.2. The molecule has 0 bridgehead atoms. The predicted molar refractivity (Wildman–Crippen MR) is 83.4 cm³/mol. The molecule has 2 fully saturated rings. The minimum atomic E-state index is -0.800. The van der Waals surface area contributed by atoms with Crippen LogP contribution in [0.1, 0.15) is 69.5 Å². The number of nitrogens with zero attached hydrogens (tertiary/aromatic N) is 4. The summed E-state index contributed by atoms with van der Waals surface area (Å²) in [5.74, 6) is 1.48. The van der Waals surface area contributed by atoms with Crippen LogP contribution in [0.4, 0.5) is 0 Å². The Morgan fingerprint density at radius 2 is 2.17 bits per heavy atom. The molecule has 1 amide bonds. The standard InChI is InChI=1S/C17H24N4O2/c1-2-14-19-15(20-23-14)13-7-6-10-21(11-13)16(22)17(12-18)8-4-3-5-9-17/h13H,2-11H2,1H3/t13-/m1/s1. The quantitative estimate of drug-likeness (QED) is 0.856. The highest BCUT2D eigenvalue weighted by atomic mass is 16.5. The van der Waals surface area contributed by atoms with Gasteiger partial charge in [-0.25, -0.2) is 0 Å². The summed E-state index contributed by atoms with van der Waals surface area (Å²) in [6.07, 6.45) is 7.09. The molecular formula is C17H24N4O2. The van der Waals surface area contributed by atoms with Gasteiger partial charge in [0.2, 0.25) is 11.8 Å². The number of nitriles is 1. The van der Waals surface area contributed by atoms with Crippen molar-refractivity contribution in [3.8, 4) is 6.07 Å². The van der Waals surface area contributed by atoms with Gasteiger partial charge < -0.3 is 9.42 Å². The second-order valence-electron chi connectivity index (χ2n) is 6.74. The van der Waals surface area contributed by atoms with Gasteiger partial charge >= 0.3 is 0 Å². The van der Waals surface area contributed by atoms with Gasteiger partial charge in [-0.1, -0.05) is 31.3 Å². The number of hydrogen-bond donors (Lipinski definition) is 0. The number of aromatic nitrogens is 2. The van der Waals surface area contributed by atoms with E-state index in [1.807, 2.05) is 11.8 Å². The number of aryl methyl sites for hydroxylation is 1. The van der Waals surface area contributed by atoms with Crippen molar-refractivity contribution >= 4 is 5.91 Å². The minimum absolute atomic E-state index is 0.0172. The van der Waals surface area contributed by atoms with Gasteiger partial charge in [0.05, 0.1) is 6.07 Å². The van der Waals surface area contributed by atoms with E-state index in [1.54, 1.807) is 0 Å². The first-order valence-electron chi connectivity index (χ1n) is 8.71. The smallest absolute Gasteiger partial charge is 0.243 e. The topological polar surface area (TPSA) is 83.0 Å². The van der Waals surface area contributed by atoms with Crippen molar-refractivity contribution in [1.82, 2.24) is 15.0 Å². The maximum absolute atomic E-state index is 13.0. The summed E-state index contributed by atoms with van der Waals surface area (Å²) in [6, 6.07) is 2.34. The van der Waals surface area contributed by atoms with Crippen molar-refractivity contribution in [3.05, 3.63) is 11.7 Å². The molecule has 1 aliphatic carbocycles. The van der Waals surface area contributed by atoms with Gasteiger partial charge in [0.15, 0.2) is 5.82 Å². The van der Waals surface area contributed by atoms with Crippen LogP contribution in [0.2, 0.25) is 0 Å². The van der Waals surface area contributed by atoms with Gasteiger partial charge in [0.1, 0.15) is 5.41 Å². The number of carbonyl (C=O) groups excluding carboxylic acids is 1. The molecule has 0 N–H and O–H groups in total. The van der Waals surface area contributed by atoms with Crippen molar-refractivity contribution in [2.24, 2.45) is 5.41 Å². The summed E-state index contributed by atoms with van der Waals surface area (Å²) in [5.41, 5.74) is -0.800. The predicted octanol–water partition coefficient (Wildman–Crippen LogP) is 2.81. The summed E-state index contributed by atoms with van der Waals surface area (Å²) in [5, 5.41) is 13.7.